The minimum Gasteiger partial charge on any atom is -0.494 e. The maximum atomic E-state index is 13.2. The second-order valence-corrected chi connectivity index (χ2v) is 7.82. The summed E-state index contributed by atoms with van der Waals surface area (Å²) in [5, 5.41) is 10.9. The van der Waals surface area contributed by atoms with Crippen LogP contribution in [-0.4, -0.2) is 43.0 Å². The van der Waals surface area contributed by atoms with Crippen molar-refractivity contribution in [2.75, 3.05) is 31.1 Å². The quantitative estimate of drug-likeness (QED) is 0.692. The van der Waals surface area contributed by atoms with Gasteiger partial charge in [-0.15, -0.1) is 11.3 Å². The highest BCUT2D eigenvalue weighted by Crippen LogP contribution is 2.26. The number of hydrogen-bond donors (Lipinski definition) is 0. The molecule has 2 aromatic rings. The molecule has 7 heteroatoms. The van der Waals surface area contributed by atoms with Crippen molar-refractivity contribution in [2.24, 2.45) is 5.92 Å². The molecule has 1 aromatic carbocycles. The number of hydrogen-bond acceptors (Lipinski definition) is 5. The summed E-state index contributed by atoms with van der Waals surface area (Å²) in [5.74, 6) is 0.670. The first-order valence-corrected chi connectivity index (χ1v) is 10.8. The van der Waals surface area contributed by atoms with Crippen molar-refractivity contribution in [1.29, 1.82) is 5.26 Å². The molecule has 6 nitrogen and oxygen atoms in total. The minimum atomic E-state index is -0.146. The largest absolute Gasteiger partial charge is 0.494 e. The minimum absolute atomic E-state index is 0.0210. The average molecular weight is 412 g/mol. The van der Waals surface area contributed by atoms with Crippen molar-refractivity contribution in [3.05, 3.63) is 46.7 Å². The van der Waals surface area contributed by atoms with Crippen LogP contribution in [0.2, 0.25) is 0 Å². The van der Waals surface area contributed by atoms with Crippen LogP contribution in [0.1, 0.15) is 35.9 Å². The lowest BCUT2D eigenvalue weighted by Crippen LogP contribution is -2.44. The van der Waals surface area contributed by atoms with Gasteiger partial charge in [0.25, 0.3) is 5.91 Å². The van der Waals surface area contributed by atoms with Gasteiger partial charge in [-0.3, -0.25) is 9.59 Å². The van der Waals surface area contributed by atoms with Crippen LogP contribution in [0.25, 0.3) is 0 Å². The Kier molecular flexibility index (Phi) is 7.25. The molecule has 3 rings (SSSR count). The van der Waals surface area contributed by atoms with Crippen LogP contribution in [0.3, 0.4) is 0 Å². The van der Waals surface area contributed by atoms with Crippen molar-refractivity contribution in [3.63, 3.8) is 0 Å². The van der Waals surface area contributed by atoms with Crippen LogP contribution < -0.4 is 9.64 Å². The van der Waals surface area contributed by atoms with Crippen LogP contribution in [-0.2, 0) is 4.79 Å². The van der Waals surface area contributed by atoms with Gasteiger partial charge in [-0.1, -0.05) is 6.07 Å². The molecule has 2 amide bonds. The molecule has 0 N–H and O–H groups in total. The summed E-state index contributed by atoms with van der Waals surface area (Å²) >= 11 is 1.44. The number of nitrogens with zero attached hydrogens (tertiary/aromatic N) is 3. The Hall–Kier alpha value is -2.85. The van der Waals surface area contributed by atoms with Gasteiger partial charge in [0.05, 0.1) is 24.0 Å². The van der Waals surface area contributed by atoms with E-state index >= 15 is 0 Å². The number of rotatable bonds is 7. The maximum Gasteiger partial charge on any atom is 0.263 e. The highest BCUT2D eigenvalue weighted by Gasteiger charge is 2.31. The Bertz CT molecular complexity index is 850. The third-order valence-corrected chi connectivity index (χ3v) is 5.89. The second kappa shape index (κ2) is 10.1. The van der Waals surface area contributed by atoms with E-state index in [0.29, 0.717) is 39.1 Å². The van der Waals surface area contributed by atoms with E-state index in [1.54, 1.807) is 4.90 Å². The Morgan fingerprint density at radius 2 is 1.97 bits per heavy atom. The Labute approximate surface area is 175 Å². The number of amides is 2. The molecule has 0 radical (unpaired) electrons. The second-order valence-electron chi connectivity index (χ2n) is 6.87. The molecule has 1 fully saturated rings. The maximum absolute atomic E-state index is 13.2. The van der Waals surface area contributed by atoms with Crippen molar-refractivity contribution in [3.8, 4) is 11.8 Å². The lowest BCUT2D eigenvalue weighted by atomic mass is 9.94. The summed E-state index contributed by atoms with van der Waals surface area (Å²) in [6.07, 6.45) is 1.54. The number of likely N-dealkylation sites (tertiary alicyclic amines) is 1. The van der Waals surface area contributed by atoms with E-state index in [1.807, 2.05) is 53.6 Å². The fourth-order valence-electron chi connectivity index (χ4n) is 3.52. The highest BCUT2D eigenvalue weighted by molar-refractivity contribution is 7.12. The van der Waals surface area contributed by atoms with E-state index in [-0.39, 0.29) is 24.2 Å². The predicted octanol–water partition coefficient (Wildman–Crippen LogP) is 3.95. The van der Waals surface area contributed by atoms with Crippen molar-refractivity contribution in [1.82, 2.24) is 4.90 Å². The molecule has 2 heterocycles. The number of piperidine rings is 1. The van der Waals surface area contributed by atoms with Crippen LogP contribution in [0.5, 0.6) is 5.75 Å². The SMILES string of the molecule is CCOc1ccc(N(CCC#N)C(=O)C2CCN(C(=O)c3cccs3)CC2)cc1. The zero-order chi connectivity index (χ0) is 20.6. The van der Waals surface area contributed by atoms with Crippen LogP contribution in [0.4, 0.5) is 5.69 Å². The van der Waals surface area contributed by atoms with Gasteiger partial charge in [-0.25, -0.2) is 0 Å². The molecular weight excluding hydrogens is 386 g/mol. The third-order valence-electron chi connectivity index (χ3n) is 5.04. The first kappa shape index (κ1) is 20.9. The number of carbonyl (C=O) groups excluding carboxylic acids is 2. The van der Waals surface area contributed by atoms with Crippen molar-refractivity contribution >= 4 is 28.8 Å². The van der Waals surface area contributed by atoms with E-state index in [4.69, 9.17) is 10.00 Å². The monoisotopic (exact) mass is 411 g/mol. The molecule has 0 spiro atoms. The third kappa shape index (κ3) is 5.15. The number of benzene rings is 1. The van der Waals surface area contributed by atoms with Crippen LogP contribution in [0, 0.1) is 17.2 Å². The summed E-state index contributed by atoms with van der Waals surface area (Å²) < 4.78 is 5.47. The smallest absolute Gasteiger partial charge is 0.263 e. The highest BCUT2D eigenvalue weighted by atomic mass is 32.1. The van der Waals surface area contributed by atoms with Gasteiger partial charge in [0.15, 0.2) is 0 Å². The first-order chi connectivity index (χ1) is 14.1. The molecule has 1 aliphatic heterocycles. The number of carbonyl (C=O) groups is 2. The van der Waals surface area contributed by atoms with E-state index in [0.717, 1.165) is 16.3 Å². The van der Waals surface area contributed by atoms with Gasteiger partial charge >= 0.3 is 0 Å². The molecular formula is C22H25N3O3S. The molecule has 29 heavy (non-hydrogen) atoms. The van der Waals surface area contributed by atoms with Crippen molar-refractivity contribution in [2.45, 2.75) is 26.2 Å². The van der Waals surface area contributed by atoms with Crippen molar-refractivity contribution < 1.29 is 14.3 Å². The topological polar surface area (TPSA) is 73.6 Å². The van der Waals surface area contributed by atoms with Crippen LogP contribution >= 0.6 is 11.3 Å². The lowest BCUT2D eigenvalue weighted by molar-refractivity contribution is -0.123. The molecule has 1 saturated heterocycles. The lowest BCUT2D eigenvalue weighted by Gasteiger charge is -2.34. The predicted molar refractivity (Wildman–Crippen MR) is 113 cm³/mol. The standard InChI is InChI=1S/C22H25N3O3S/c1-2-28-19-8-6-18(7-9-19)25(13-4-12-23)21(26)17-10-14-24(15-11-17)22(27)20-5-3-16-29-20/h3,5-9,16-17H,2,4,10-11,13-15H2,1H3. The summed E-state index contributed by atoms with van der Waals surface area (Å²) in [4.78, 5) is 30.0. The average Bonchev–Trinajstić information content (AvgIpc) is 3.30. The van der Waals surface area contributed by atoms with Gasteiger partial charge in [0, 0.05) is 31.2 Å². The molecule has 1 aromatic heterocycles. The number of ether oxygens (including phenoxy) is 1. The Morgan fingerprint density at radius 1 is 1.24 bits per heavy atom. The van der Waals surface area contributed by atoms with Gasteiger partial charge in [0.2, 0.25) is 5.91 Å². The van der Waals surface area contributed by atoms with Gasteiger partial charge in [-0.05, 0) is 55.5 Å². The molecule has 0 atom stereocenters. The summed E-state index contributed by atoms with van der Waals surface area (Å²) in [7, 11) is 0. The number of nitriles is 1. The molecule has 0 unspecified atom stereocenters. The molecule has 0 saturated carbocycles. The molecule has 0 aliphatic carbocycles. The zero-order valence-corrected chi connectivity index (χ0v) is 17.4. The van der Waals surface area contributed by atoms with E-state index in [9.17, 15) is 9.59 Å². The number of anilines is 1. The van der Waals surface area contributed by atoms with Crippen LogP contribution in [0.15, 0.2) is 41.8 Å². The van der Waals surface area contributed by atoms with Gasteiger partial charge in [0.1, 0.15) is 5.75 Å². The molecule has 0 bridgehead atoms. The Balaban J connectivity index is 1.65. The van der Waals surface area contributed by atoms with E-state index in [2.05, 4.69) is 6.07 Å². The first-order valence-electron chi connectivity index (χ1n) is 9.88. The van der Waals surface area contributed by atoms with Gasteiger partial charge in [-0.2, -0.15) is 5.26 Å². The molecule has 1 aliphatic rings. The van der Waals surface area contributed by atoms with E-state index in [1.165, 1.54) is 11.3 Å². The summed E-state index contributed by atoms with van der Waals surface area (Å²) in [5.41, 5.74) is 0.769. The zero-order valence-electron chi connectivity index (χ0n) is 16.5. The summed E-state index contributed by atoms with van der Waals surface area (Å²) in [6, 6.07) is 13.2. The normalized spacial score (nSPS) is 14.3. The fourth-order valence-corrected chi connectivity index (χ4v) is 4.21. The Morgan fingerprint density at radius 3 is 2.55 bits per heavy atom. The van der Waals surface area contributed by atoms with Gasteiger partial charge < -0.3 is 14.5 Å². The van der Waals surface area contributed by atoms with E-state index < -0.39 is 0 Å². The fraction of sp³-hybridized carbons (Fsp3) is 0.409. The summed E-state index contributed by atoms with van der Waals surface area (Å²) in [6.45, 7) is 4.01. The molecule has 152 valence electrons. The number of thiophene rings is 1.